The first-order valence-corrected chi connectivity index (χ1v) is 8.31. The molecular formula is C13H17N3O2S2. The van der Waals surface area contributed by atoms with Crippen LogP contribution in [0.25, 0.3) is 0 Å². The Morgan fingerprint density at radius 2 is 2.05 bits per heavy atom. The Morgan fingerprint density at radius 1 is 1.35 bits per heavy atom. The van der Waals surface area contributed by atoms with Crippen LogP contribution in [0, 0.1) is 13.8 Å². The Kier molecular flexibility index (Phi) is 4.12. The van der Waals surface area contributed by atoms with Crippen molar-refractivity contribution in [2.45, 2.75) is 25.3 Å². The van der Waals surface area contributed by atoms with E-state index in [0.717, 1.165) is 9.88 Å². The Hall–Kier alpha value is -1.44. The standard InChI is InChI=1S/C13H17N3O2S2/c1-9-5-4-6-12(14)13(9)20(17,18)16(3)8-11-7-15-10(2)19-11/h4-7H,8,14H2,1-3H3. The molecule has 1 aromatic carbocycles. The molecule has 0 aliphatic rings. The predicted molar refractivity (Wildman–Crippen MR) is 81.1 cm³/mol. The van der Waals surface area contributed by atoms with Crippen molar-refractivity contribution in [2.24, 2.45) is 0 Å². The lowest BCUT2D eigenvalue weighted by molar-refractivity contribution is 0.469. The van der Waals surface area contributed by atoms with Crippen LogP contribution in [-0.4, -0.2) is 24.8 Å². The van der Waals surface area contributed by atoms with E-state index in [4.69, 9.17) is 5.73 Å². The van der Waals surface area contributed by atoms with Crippen LogP contribution in [0.1, 0.15) is 15.4 Å². The maximum Gasteiger partial charge on any atom is 0.245 e. The number of nitrogen functional groups attached to an aromatic ring is 1. The average molecular weight is 311 g/mol. The van der Waals surface area contributed by atoms with E-state index in [1.165, 1.54) is 15.6 Å². The third kappa shape index (κ3) is 2.84. The van der Waals surface area contributed by atoms with E-state index >= 15 is 0 Å². The predicted octanol–water partition coefficient (Wildman–Crippen LogP) is 2.16. The molecule has 0 spiro atoms. The summed E-state index contributed by atoms with van der Waals surface area (Å²) in [6.45, 7) is 3.93. The summed E-state index contributed by atoms with van der Waals surface area (Å²) in [4.78, 5) is 5.22. The maximum atomic E-state index is 12.6. The van der Waals surface area contributed by atoms with Gasteiger partial charge >= 0.3 is 0 Å². The van der Waals surface area contributed by atoms with E-state index in [9.17, 15) is 8.42 Å². The molecule has 2 aromatic rings. The number of nitrogens with two attached hydrogens (primary N) is 1. The normalized spacial score (nSPS) is 12.0. The van der Waals surface area contributed by atoms with Gasteiger partial charge in [0.2, 0.25) is 10.0 Å². The van der Waals surface area contributed by atoms with Crippen molar-refractivity contribution < 1.29 is 8.42 Å². The van der Waals surface area contributed by atoms with Gasteiger partial charge in [0, 0.05) is 24.7 Å². The molecule has 1 heterocycles. The minimum absolute atomic E-state index is 0.184. The molecule has 0 aliphatic heterocycles. The molecule has 0 saturated heterocycles. The van der Waals surface area contributed by atoms with E-state index in [0.29, 0.717) is 12.1 Å². The fourth-order valence-corrected chi connectivity index (χ4v) is 4.36. The first-order valence-electron chi connectivity index (χ1n) is 6.05. The molecule has 0 radical (unpaired) electrons. The molecule has 2 N–H and O–H groups in total. The van der Waals surface area contributed by atoms with Crippen molar-refractivity contribution in [1.29, 1.82) is 0 Å². The molecule has 0 atom stereocenters. The first kappa shape index (κ1) is 15.0. The van der Waals surface area contributed by atoms with Gasteiger partial charge in [0.25, 0.3) is 0 Å². The van der Waals surface area contributed by atoms with Gasteiger partial charge in [0.15, 0.2) is 0 Å². The third-order valence-electron chi connectivity index (χ3n) is 2.96. The zero-order chi connectivity index (χ0) is 14.9. The van der Waals surface area contributed by atoms with Crippen molar-refractivity contribution in [3.63, 3.8) is 0 Å². The number of thiazole rings is 1. The maximum absolute atomic E-state index is 12.6. The molecule has 20 heavy (non-hydrogen) atoms. The molecule has 0 fully saturated rings. The number of sulfonamides is 1. The molecule has 108 valence electrons. The molecule has 1 aromatic heterocycles. The monoisotopic (exact) mass is 311 g/mol. The van der Waals surface area contributed by atoms with Crippen molar-refractivity contribution in [3.05, 3.63) is 39.8 Å². The van der Waals surface area contributed by atoms with Crippen LogP contribution in [0.3, 0.4) is 0 Å². The van der Waals surface area contributed by atoms with Crippen LogP contribution in [0.5, 0.6) is 0 Å². The van der Waals surface area contributed by atoms with Crippen LogP contribution in [0.2, 0.25) is 0 Å². The zero-order valence-electron chi connectivity index (χ0n) is 11.6. The molecule has 2 rings (SSSR count). The van der Waals surface area contributed by atoms with E-state index in [1.807, 2.05) is 6.92 Å². The van der Waals surface area contributed by atoms with E-state index in [1.54, 1.807) is 38.4 Å². The lowest BCUT2D eigenvalue weighted by Crippen LogP contribution is -2.27. The van der Waals surface area contributed by atoms with Crippen molar-refractivity contribution >= 4 is 27.0 Å². The van der Waals surface area contributed by atoms with Gasteiger partial charge in [-0.05, 0) is 25.5 Å². The SMILES string of the molecule is Cc1ncc(CN(C)S(=O)(=O)c2c(C)cccc2N)s1. The topological polar surface area (TPSA) is 76.3 Å². The second-order valence-electron chi connectivity index (χ2n) is 4.60. The number of anilines is 1. The minimum atomic E-state index is -3.60. The van der Waals surface area contributed by atoms with Crippen molar-refractivity contribution in [1.82, 2.24) is 9.29 Å². The quantitative estimate of drug-likeness (QED) is 0.878. The third-order valence-corrected chi connectivity index (χ3v) is 5.88. The number of aryl methyl sites for hydroxylation is 2. The van der Waals surface area contributed by atoms with Crippen LogP contribution >= 0.6 is 11.3 Å². The summed E-state index contributed by atoms with van der Waals surface area (Å²) in [5.41, 5.74) is 6.75. The lowest BCUT2D eigenvalue weighted by atomic mass is 10.2. The highest BCUT2D eigenvalue weighted by Gasteiger charge is 2.25. The van der Waals surface area contributed by atoms with Gasteiger partial charge < -0.3 is 5.73 Å². The molecule has 0 unspecified atom stereocenters. The molecule has 0 saturated carbocycles. The Bertz CT molecular complexity index is 703. The van der Waals surface area contributed by atoms with E-state index in [2.05, 4.69) is 4.98 Å². The van der Waals surface area contributed by atoms with Crippen molar-refractivity contribution in [3.8, 4) is 0 Å². The molecule has 0 amide bonds. The van der Waals surface area contributed by atoms with Gasteiger partial charge in [-0.15, -0.1) is 11.3 Å². The summed E-state index contributed by atoms with van der Waals surface area (Å²) in [6, 6.07) is 5.09. The Labute approximate surface area is 123 Å². The molecule has 0 aliphatic carbocycles. The number of aromatic nitrogens is 1. The average Bonchev–Trinajstić information content (AvgIpc) is 2.74. The van der Waals surface area contributed by atoms with Crippen LogP contribution in [0.4, 0.5) is 5.69 Å². The zero-order valence-corrected chi connectivity index (χ0v) is 13.3. The highest BCUT2D eigenvalue weighted by Crippen LogP contribution is 2.26. The molecular weight excluding hydrogens is 294 g/mol. The second kappa shape index (κ2) is 5.51. The molecule has 7 heteroatoms. The number of rotatable bonds is 4. The number of nitrogens with zero attached hydrogens (tertiary/aromatic N) is 2. The van der Waals surface area contributed by atoms with Crippen molar-refractivity contribution in [2.75, 3.05) is 12.8 Å². The van der Waals surface area contributed by atoms with E-state index in [-0.39, 0.29) is 10.6 Å². The van der Waals surface area contributed by atoms with Gasteiger partial charge in [0.1, 0.15) is 4.90 Å². The number of benzene rings is 1. The van der Waals surface area contributed by atoms with Gasteiger partial charge in [0.05, 0.1) is 10.7 Å². The van der Waals surface area contributed by atoms with Gasteiger partial charge in [-0.25, -0.2) is 13.4 Å². The van der Waals surface area contributed by atoms with Gasteiger partial charge in [-0.1, -0.05) is 12.1 Å². The molecule has 0 bridgehead atoms. The highest BCUT2D eigenvalue weighted by molar-refractivity contribution is 7.89. The number of hydrogen-bond acceptors (Lipinski definition) is 5. The minimum Gasteiger partial charge on any atom is -0.398 e. The summed E-state index contributed by atoms with van der Waals surface area (Å²) >= 11 is 1.49. The summed E-state index contributed by atoms with van der Waals surface area (Å²) in [5.74, 6) is 0. The van der Waals surface area contributed by atoms with Crippen LogP contribution in [0.15, 0.2) is 29.3 Å². The lowest BCUT2D eigenvalue weighted by Gasteiger charge is -2.19. The van der Waals surface area contributed by atoms with Gasteiger partial charge in [-0.3, -0.25) is 0 Å². The Balaban J connectivity index is 2.35. The smallest absolute Gasteiger partial charge is 0.245 e. The van der Waals surface area contributed by atoms with Crippen LogP contribution < -0.4 is 5.73 Å². The summed E-state index contributed by atoms with van der Waals surface area (Å²) in [7, 11) is -2.05. The second-order valence-corrected chi connectivity index (χ2v) is 7.90. The highest BCUT2D eigenvalue weighted by atomic mass is 32.2. The fraction of sp³-hybridized carbons (Fsp3) is 0.308. The number of hydrogen-bond donors (Lipinski definition) is 1. The summed E-state index contributed by atoms with van der Waals surface area (Å²) in [6.07, 6.45) is 1.70. The van der Waals surface area contributed by atoms with Crippen LogP contribution in [-0.2, 0) is 16.6 Å². The largest absolute Gasteiger partial charge is 0.398 e. The summed E-state index contributed by atoms with van der Waals surface area (Å²) < 4.78 is 26.5. The summed E-state index contributed by atoms with van der Waals surface area (Å²) in [5, 5.41) is 0.918. The first-order chi connectivity index (χ1) is 9.32. The van der Waals surface area contributed by atoms with Gasteiger partial charge in [-0.2, -0.15) is 4.31 Å². The van der Waals surface area contributed by atoms with E-state index < -0.39 is 10.0 Å². The Morgan fingerprint density at radius 3 is 2.60 bits per heavy atom. The molecule has 5 nitrogen and oxygen atoms in total. The fourth-order valence-electron chi connectivity index (χ4n) is 1.97.